The average molecular weight is 410 g/mol. The zero-order chi connectivity index (χ0) is 21.0. The van der Waals surface area contributed by atoms with Crippen molar-refractivity contribution in [2.24, 2.45) is 0 Å². The molecule has 0 N–H and O–H groups in total. The molecule has 0 spiro atoms. The van der Waals surface area contributed by atoms with Gasteiger partial charge in [0.2, 0.25) is 0 Å². The van der Waals surface area contributed by atoms with E-state index in [1.165, 1.54) is 30.0 Å². The van der Waals surface area contributed by atoms with Crippen molar-refractivity contribution < 1.29 is 22.7 Å². The topological polar surface area (TPSA) is 67.7 Å². The van der Waals surface area contributed by atoms with E-state index < -0.39 is 11.7 Å². The highest BCUT2D eigenvalue weighted by Gasteiger charge is 2.31. The Morgan fingerprint density at radius 1 is 1.14 bits per heavy atom. The molecule has 1 aliphatic heterocycles. The number of rotatable bonds is 5. The van der Waals surface area contributed by atoms with Crippen LogP contribution in [0.15, 0.2) is 41.2 Å². The molecular weight excluding hydrogens is 389 g/mol. The second-order valence-corrected chi connectivity index (χ2v) is 6.60. The number of aromatic nitrogens is 2. The molecule has 0 unspecified atom stereocenters. The van der Waals surface area contributed by atoms with Gasteiger partial charge in [-0.3, -0.25) is 9.59 Å². The standard InChI is InChI=1S/C19H21F3N4O3/c1-29-12-11-26-17(27)6-5-16(23-26)18(28)25-9-7-24(8-10-25)15-4-2-3-14(13-15)19(20,21)22/h2-6,13H,7-12H2,1H3. The van der Waals surface area contributed by atoms with Crippen LogP contribution in [-0.4, -0.2) is 60.5 Å². The van der Waals surface area contributed by atoms with Crippen molar-refractivity contribution in [3.63, 3.8) is 0 Å². The molecule has 1 amide bonds. The minimum absolute atomic E-state index is 0.147. The highest BCUT2D eigenvalue weighted by atomic mass is 19.4. The number of carbonyl (C=O) groups is 1. The Kier molecular flexibility index (Phi) is 6.21. The highest BCUT2D eigenvalue weighted by Crippen LogP contribution is 2.31. The SMILES string of the molecule is COCCn1nc(C(=O)N2CCN(c3cccc(C(F)(F)F)c3)CC2)ccc1=O. The third-order valence-electron chi connectivity index (χ3n) is 4.70. The van der Waals surface area contributed by atoms with Crippen molar-refractivity contribution in [2.45, 2.75) is 12.7 Å². The van der Waals surface area contributed by atoms with Crippen LogP contribution < -0.4 is 10.5 Å². The van der Waals surface area contributed by atoms with Gasteiger partial charge in [0.15, 0.2) is 0 Å². The summed E-state index contributed by atoms with van der Waals surface area (Å²) in [5.74, 6) is -0.320. The molecule has 156 valence electrons. The first kappa shape index (κ1) is 20.8. The van der Waals surface area contributed by atoms with Gasteiger partial charge in [-0.05, 0) is 24.3 Å². The molecule has 2 aromatic rings. The molecule has 1 aliphatic rings. The molecule has 7 nitrogen and oxygen atoms in total. The van der Waals surface area contributed by atoms with Gasteiger partial charge in [-0.1, -0.05) is 6.07 Å². The summed E-state index contributed by atoms with van der Waals surface area (Å²) in [5, 5.41) is 4.10. The van der Waals surface area contributed by atoms with E-state index >= 15 is 0 Å². The fraction of sp³-hybridized carbons (Fsp3) is 0.421. The number of ether oxygens (including phenoxy) is 1. The lowest BCUT2D eigenvalue weighted by Gasteiger charge is -2.36. The van der Waals surface area contributed by atoms with Crippen LogP contribution in [0.5, 0.6) is 0 Å². The first-order valence-electron chi connectivity index (χ1n) is 9.08. The Labute approximate surface area is 165 Å². The summed E-state index contributed by atoms with van der Waals surface area (Å²) in [7, 11) is 1.50. The summed E-state index contributed by atoms with van der Waals surface area (Å²) in [5.41, 5.74) is -0.407. The van der Waals surface area contributed by atoms with Gasteiger partial charge < -0.3 is 14.5 Å². The molecule has 0 radical (unpaired) electrons. The Balaban J connectivity index is 1.66. The summed E-state index contributed by atoms with van der Waals surface area (Å²) in [6.45, 7) is 2.01. The van der Waals surface area contributed by atoms with Crippen LogP contribution in [0.25, 0.3) is 0 Å². The minimum atomic E-state index is -4.40. The molecule has 1 saturated heterocycles. The van der Waals surface area contributed by atoms with Gasteiger partial charge in [0.05, 0.1) is 18.7 Å². The highest BCUT2D eigenvalue weighted by molar-refractivity contribution is 5.92. The van der Waals surface area contributed by atoms with Crippen LogP contribution in [0.4, 0.5) is 18.9 Å². The minimum Gasteiger partial charge on any atom is -0.383 e. The zero-order valence-electron chi connectivity index (χ0n) is 15.9. The van der Waals surface area contributed by atoms with Crippen molar-refractivity contribution in [3.8, 4) is 0 Å². The number of benzene rings is 1. The van der Waals surface area contributed by atoms with E-state index in [9.17, 15) is 22.8 Å². The number of hydrogen-bond donors (Lipinski definition) is 0. The van der Waals surface area contributed by atoms with Crippen LogP contribution in [0.3, 0.4) is 0 Å². The lowest BCUT2D eigenvalue weighted by atomic mass is 10.1. The monoisotopic (exact) mass is 410 g/mol. The quantitative estimate of drug-likeness (QED) is 0.753. The van der Waals surface area contributed by atoms with Gasteiger partial charge in [0.25, 0.3) is 11.5 Å². The Bertz CT molecular complexity index is 921. The van der Waals surface area contributed by atoms with Crippen LogP contribution in [0.2, 0.25) is 0 Å². The van der Waals surface area contributed by atoms with Crippen molar-refractivity contribution in [3.05, 3.63) is 58.0 Å². The third-order valence-corrected chi connectivity index (χ3v) is 4.70. The van der Waals surface area contributed by atoms with Crippen LogP contribution in [0, 0.1) is 0 Å². The molecular formula is C19H21F3N4O3. The first-order valence-corrected chi connectivity index (χ1v) is 9.08. The van der Waals surface area contributed by atoms with Crippen LogP contribution in [-0.2, 0) is 17.5 Å². The molecule has 1 fully saturated rings. The van der Waals surface area contributed by atoms with Crippen molar-refractivity contribution in [1.82, 2.24) is 14.7 Å². The first-order chi connectivity index (χ1) is 13.8. The van der Waals surface area contributed by atoms with E-state index in [1.807, 2.05) is 4.90 Å². The fourth-order valence-electron chi connectivity index (χ4n) is 3.11. The third kappa shape index (κ3) is 4.94. The van der Waals surface area contributed by atoms with E-state index in [0.717, 1.165) is 12.1 Å². The molecule has 29 heavy (non-hydrogen) atoms. The van der Waals surface area contributed by atoms with Crippen LogP contribution in [0.1, 0.15) is 16.1 Å². The number of anilines is 1. The summed E-state index contributed by atoms with van der Waals surface area (Å²) in [6.07, 6.45) is -4.40. The number of hydrogen-bond acceptors (Lipinski definition) is 5. The van der Waals surface area contributed by atoms with Gasteiger partial charge in [-0.2, -0.15) is 18.3 Å². The lowest BCUT2D eigenvalue weighted by molar-refractivity contribution is -0.137. The maximum absolute atomic E-state index is 12.9. The Morgan fingerprint density at radius 2 is 1.86 bits per heavy atom. The van der Waals surface area contributed by atoms with Gasteiger partial charge in [-0.25, -0.2) is 4.68 Å². The molecule has 0 bridgehead atoms. The van der Waals surface area contributed by atoms with Crippen molar-refractivity contribution in [2.75, 3.05) is 44.8 Å². The predicted octanol–water partition coefficient (Wildman–Crippen LogP) is 1.87. The van der Waals surface area contributed by atoms with Gasteiger partial charge in [0, 0.05) is 45.0 Å². The number of halogens is 3. The molecule has 10 heteroatoms. The number of amides is 1. The number of piperazine rings is 1. The largest absolute Gasteiger partial charge is 0.416 e. The lowest BCUT2D eigenvalue weighted by Crippen LogP contribution is -2.49. The number of alkyl halides is 3. The summed E-state index contributed by atoms with van der Waals surface area (Å²) in [6, 6.07) is 7.82. The van der Waals surface area contributed by atoms with Gasteiger partial charge in [-0.15, -0.1) is 0 Å². The normalized spacial score (nSPS) is 14.9. The molecule has 0 atom stereocenters. The Morgan fingerprint density at radius 3 is 2.52 bits per heavy atom. The second-order valence-electron chi connectivity index (χ2n) is 6.60. The smallest absolute Gasteiger partial charge is 0.383 e. The number of methoxy groups -OCH3 is 1. The van der Waals surface area contributed by atoms with E-state index in [1.54, 1.807) is 11.0 Å². The summed E-state index contributed by atoms with van der Waals surface area (Å²) < 4.78 is 44.9. The molecule has 0 saturated carbocycles. The fourth-order valence-corrected chi connectivity index (χ4v) is 3.11. The second kappa shape index (κ2) is 8.64. The van der Waals surface area contributed by atoms with Gasteiger partial charge in [0.1, 0.15) is 5.69 Å². The summed E-state index contributed by atoms with van der Waals surface area (Å²) >= 11 is 0. The van der Waals surface area contributed by atoms with Crippen molar-refractivity contribution >= 4 is 11.6 Å². The molecule has 3 rings (SSSR count). The van der Waals surface area contributed by atoms with E-state index in [2.05, 4.69) is 5.10 Å². The molecule has 0 aliphatic carbocycles. The summed E-state index contributed by atoms with van der Waals surface area (Å²) in [4.78, 5) is 27.9. The molecule has 1 aromatic carbocycles. The maximum Gasteiger partial charge on any atom is 0.416 e. The number of nitrogens with zero attached hydrogens (tertiary/aromatic N) is 4. The molecule has 2 heterocycles. The Hall–Kier alpha value is -2.88. The van der Waals surface area contributed by atoms with E-state index in [0.29, 0.717) is 38.5 Å². The maximum atomic E-state index is 12.9. The van der Waals surface area contributed by atoms with E-state index in [4.69, 9.17) is 4.74 Å². The average Bonchev–Trinajstić information content (AvgIpc) is 2.72. The van der Waals surface area contributed by atoms with Crippen LogP contribution >= 0.6 is 0 Å². The predicted molar refractivity (Wildman–Crippen MR) is 99.9 cm³/mol. The van der Waals surface area contributed by atoms with Gasteiger partial charge >= 0.3 is 6.18 Å². The zero-order valence-corrected chi connectivity index (χ0v) is 15.9. The van der Waals surface area contributed by atoms with Crippen molar-refractivity contribution in [1.29, 1.82) is 0 Å². The molecule has 1 aromatic heterocycles. The van der Waals surface area contributed by atoms with E-state index in [-0.39, 0.29) is 23.7 Å². The number of carbonyl (C=O) groups excluding carboxylic acids is 1.